The van der Waals surface area contributed by atoms with Gasteiger partial charge in [-0.05, 0) is 18.9 Å². The summed E-state index contributed by atoms with van der Waals surface area (Å²) in [6.45, 7) is 6.96. The fourth-order valence-corrected chi connectivity index (χ4v) is 1.73. The zero-order valence-electron chi connectivity index (χ0n) is 11.1. The van der Waals surface area contributed by atoms with Gasteiger partial charge in [0.25, 0.3) is 5.91 Å². The third kappa shape index (κ3) is 4.93. The Balaban J connectivity index is 2.78. The second kappa shape index (κ2) is 7.62. The summed E-state index contributed by atoms with van der Waals surface area (Å²) in [6.07, 6.45) is 0. The Kier molecular flexibility index (Phi) is 6.48. The second-order valence-electron chi connectivity index (χ2n) is 4.35. The summed E-state index contributed by atoms with van der Waals surface area (Å²) >= 11 is 11.5. The minimum Gasteiger partial charge on any atom is -0.380 e. The monoisotopic (exact) mass is 305 g/mol. The summed E-state index contributed by atoms with van der Waals surface area (Å²) in [6, 6.07) is 1.29. The Labute approximate surface area is 122 Å². The molecule has 0 bridgehead atoms. The average Bonchev–Trinajstić information content (AvgIpc) is 2.36. The lowest BCUT2D eigenvalue weighted by molar-refractivity contribution is 0.0806. The lowest BCUT2D eigenvalue weighted by Crippen LogP contribution is -2.42. The number of nitrogens with zero attached hydrogens (tertiary/aromatic N) is 2. The topological polar surface area (TPSA) is 64.1 Å². The lowest BCUT2D eigenvalue weighted by atomic mass is 10.1. The van der Waals surface area contributed by atoms with Crippen molar-refractivity contribution < 1.29 is 9.53 Å². The first-order valence-corrected chi connectivity index (χ1v) is 6.78. The number of aromatic nitrogens is 2. The van der Waals surface area contributed by atoms with E-state index in [0.29, 0.717) is 13.2 Å². The Morgan fingerprint density at radius 1 is 1.42 bits per heavy atom. The van der Waals surface area contributed by atoms with Gasteiger partial charge in [0.1, 0.15) is 0 Å². The summed E-state index contributed by atoms with van der Waals surface area (Å²) in [4.78, 5) is 12.1. The van der Waals surface area contributed by atoms with E-state index in [1.165, 1.54) is 6.07 Å². The van der Waals surface area contributed by atoms with Crippen molar-refractivity contribution in [3.63, 3.8) is 0 Å². The maximum atomic E-state index is 12.1. The van der Waals surface area contributed by atoms with E-state index in [2.05, 4.69) is 15.5 Å². The molecular weight excluding hydrogens is 289 g/mol. The van der Waals surface area contributed by atoms with Gasteiger partial charge in [0.2, 0.25) is 0 Å². The van der Waals surface area contributed by atoms with Gasteiger partial charge >= 0.3 is 0 Å². The van der Waals surface area contributed by atoms with Crippen LogP contribution in [0.25, 0.3) is 0 Å². The number of hydrogen-bond acceptors (Lipinski definition) is 4. The highest BCUT2D eigenvalue weighted by Gasteiger charge is 2.20. The number of carbonyl (C=O) groups is 1. The van der Waals surface area contributed by atoms with Crippen molar-refractivity contribution in [1.29, 1.82) is 0 Å². The number of nitrogens with one attached hydrogen (secondary N) is 1. The smallest absolute Gasteiger partial charge is 0.254 e. The molecule has 0 aliphatic heterocycles. The van der Waals surface area contributed by atoms with E-state index in [0.717, 1.165) is 0 Å². The molecule has 5 nitrogen and oxygen atoms in total. The van der Waals surface area contributed by atoms with Gasteiger partial charge in [-0.15, -0.1) is 10.2 Å². The van der Waals surface area contributed by atoms with Gasteiger partial charge in [0.05, 0.1) is 18.2 Å². The molecule has 1 atom stereocenters. The Morgan fingerprint density at radius 3 is 2.68 bits per heavy atom. The predicted octanol–water partition coefficient (Wildman–Crippen LogP) is 2.57. The van der Waals surface area contributed by atoms with E-state index in [9.17, 15) is 4.79 Å². The molecule has 0 saturated heterocycles. The van der Waals surface area contributed by atoms with Gasteiger partial charge in [0, 0.05) is 6.61 Å². The zero-order chi connectivity index (χ0) is 14.4. The molecule has 1 heterocycles. The first-order chi connectivity index (χ1) is 8.95. The molecule has 0 saturated carbocycles. The molecule has 1 aromatic heterocycles. The Morgan fingerprint density at radius 2 is 2.11 bits per heavy atom. The highest BCUT2D eigenvalue weighted by Crippen LogP contribution is 2.16. The van der Waals surface area contributed by atoms with Gasteiger partial charge in [-0.1, -0.05) is 37.0 Å². The van der Waals surface area contributed by atoms with Crippen LogP contribution in [-0.2, 0) is 4.74 Å². The van der Waals surface area contributed by atoms with Crippen molar-refractivity contribution in [3.05, 3.63) is 21.9 Å². The number of amides is 1. The predicted molar refractivity (Wildman–Crippen MR) is 74.6 cm³/mol. The molecule has 7 heteroatoms. The minimum absolute atomic E-state index is 0.0285. The van der Waals surface area contributed by atoms with Crippen LogP contribution in [0.1, 0.15) is 31.1 Å². The van der Waals surface area contributed by atoms with Crippen LogP contribution in [-0.4, -0.2) is 35.4 Å². The Bertz CT molecular complexity index is 441. The molecule has 0 aliphatic rings. The summed E-state index contributed by atoms with van der Waals surface area (Å²) < 4.78 is 5.35. The standard InChI is InChI=1S/C12H17Cl2N3O2/c1-4-19-6-9(7(2)3)15-12(18)8-5-10(13)16-17-11(8)14/h5,7,9H,4,6H2,1-3H3,(H,15,18). The van der Waals surface area contributed by atoms with E-state index >= 15 is 0 Å². The highest BCUT2D eigenvalue weighted by molar-refractivity contribution is 6.34. The quantitative estimate of drug-likeness (QED) is 0.877. The molecular formula is C12H17Cl2N3O2. The van der Waals surface area contributed by atoms with Crippen molar-refractivity contribution in [2.45, 2.75) is 26.8 Å². The lowest BCUT2D eigenvalue weighted by Gasteiger charge is -2.22. The summed E-state index contributed by atoms with van der Waals surface area (Å²) in [5, 5.41) is 10.2. The first kappa shape index (κ1) is 16.1. The SMILES string of the molecule is CCOCC(NC(=O)c1cc(Cl)nnc1Cl)C(C)C. The second-order valence-corrected chi connectivity index (χ2v) is 5.10. The molecule has 1 N–H and O–H groups in total. The molecule has 19 heavy (non-hydrogen) atoms. The normalized spacial score (nSPS) is 12.5. The van der Waals surface area contributed by atoms with Crippen LogP contribution in [0, 0.1) is 5.92 Å². The van der Waals surface area contributed by atoms with Gasteiger partial charge in [-0.2, -0.15) is 0 Å². The van der Waals surface area contributed by atoms with Crippen LogP contribution in [0.15, 0.2) is 6.07 Å². The number of ether oxygens (including phenoxy) is 1. The van der Waals surface area contributed by atoms with Crippen molar-refractivity contribution in [3.8, 4) is 0 Å². The van der Waals surface area contributed by atoms with Crippen LogP contribution in [0.2, 0.25) is 10.3 Å². The van der Waals surface area contributed by atoms with Crippen LogP contribution in [0.3, 0.4) is 0 Å². The molecule has 1 amide bonds. The zero-order valence-corrected chi connectivity index (χ0v) is 12.6. The van der Waals surface area contributed by atoms with Crippen molar-refractivity contribution in [1.82, 2.24) is 15.5 Å². The summed E-state index contributed by atoms with van der Waals surface area (Å²) in [5.41, 5.74) is 0.212. The number of hydrogen-bond donors (Lipinski definition) is 1. The largest absolute Gasteiger partial charge is 0.380 e. The molecule has 0 aromatic carbocycles. The minimum atomic E-state index is -0.333. The summed E-state index contributed by atoms with van der Waals surface area (Å²) in [7, 11) is 0. The van der Waals surface area contributed by atoms with Crippen LogP contribution in [0.4, 0.5) is 0 Å². The first-order valence-electron chi connectivity index (χ1n) is 6.03. The molecule has 1 unspecified atom stereocenters. The van der Waals surface area contributed by atoms with Crippen molar-refractivity contribution in [2.24, 2.45) is 5.92 Å². The molecule has 0 spiro atoms. The van der Waals surface area contributed by atoms with Gasteiger partial charge < -0.3 is 10.1 Å². The van der Waals surface area contributed by atoms with Gasteiger partial charge in [-0.25, -0.2) is 0 Å². The third-order valence-electron chi connectivity index (χ3n) is 2.59. The van der Waals surface area contributed by atoms with Crippen LogP contribution >= 0.6 is 23.2 Å². The van der Waals surface area contributed by atoms with Crippen LogP contribution < -0.4 is 5.32 Å². The maximum Gasteiger partial charge on any atom is 0.254 e. The molecule has 106 valence electrons. The molecule has 0 fully saturated rings. The molecule has 0 radical (unpaired) electrons. The summed E-state index contributed by atoms with van der Waals surface area (Å²) in [5.74, 6) is -0.0975. The number of halogens is 2. The van der Waals surface area contributed by atoms with E-state index in [-0.39, 0.29) is 33.7 Å². The number of rotatable bonds is 6. The maximum absolute atomic E-state index is 12.1. The van der Waals surface area contributed by atoms with E-state index < -0.39 is 0 Å². The van der Waals surface area contributed by atoms with Gasteiger partial charge in [0.15, 0.2) is 10.3 Å². The molecule has 1 rings (SSSR count). The third-order valence-corrected chi connectivity index (χ3v) is 3.05. The highest BCUT2D eigenvalue weighted by atomic mass is 35.5. The van der Waals surface area contributed by atoms with Gasteiger partial charge in [-0.3, -0.25) is 4.79 Å². The fourth-order valence-electron chi connectivity index (χ4n) is 1.40. The number of carbonyl (C=O) groups excluding carboxylic acids is 1. The van der Waals surface area contributed by atoms with Crippen molar-refractivity contribution in [2.75, 3.05) is 13.2 Å². The molecule has 1 aromatic rings. The molecule has 0 aliphatic carbocycles. The van der Waals surface area contributed by atoms with Crippen molar-refractivity contribution >= 4 is 29.1 Å². The Hall–Kier alpha value is -0.910. The average molecular weight is 306 g/mol. The van der Waals surface area contributed by atoms with E-state index in [1.54, 1.807) is 0 Å². The van der Waals surface area contributed by atoms with Crippen LogP contribution in [0.5, 0.6) is 0 Å². The fraction of sp³-hybridized carbons (Fsp3) is 0.583. The van der Waals surface area contributed by atoms with E-state index in [1.807, 2.05) is 20.8 Å². The van der Waals surface area contributed by atoms with E-state index in [4.69, 9.17) is 27.9 Å².